The number of methoxy groups -OCH3 is 1. The second-order valence-electron chi connectivity index (χ2n) is 6.50. The minimum absolute atomic E-state index is 0.255. The Kier molecular flexibility index (Phi) is 6.13. The van der Waals surface area contributed by atoms with Crippen LogP contribution in [0, 0.1) is 0 Å². The van der Waals surface area contributed by atoms with E-state index in [9.17, 15) is 4.79 Å². The van der Waals surface area contributed by atoms with Crippen molar-refractivity contribution in [2.45, 2.75) is 6.61 Å². The minimum Gasteiger partial charge on any atom is -0.497 e. The maximum atomic E-state index is 12.7. The third-order valence-electron chi connectivity index (χ3n) is 4.47. The summed E-state index contributed by atoms with van der Waals surface area (Å²) in [5, 5.41) is 4.80. The Morgan fingerprint density at radius 3 is 2.37 bits per heavy atom. The van der Waals surface area contributed by atoms with Gasteiger partial charge in [0, 0.05) is 20.8 Å². The second kappa shape index (κ2) is 8.96. The first-order valence-corrected chi connectivity index (χ1v) is 10.7. The fourth-order valence-corrected chi connectivity index (χ4v) is 4.40. The quantitative estimate of drug-likeness (QED) is 0.337. The molecule has 0 radical (unpaired) electrons. The van der Waals surface area contributed by atoms with Crippen LogP contribution < -0.4 is 14.8 Å². The summed E-state index contributed by atoms with van der Waals surface area (Å²) >= 11 is 13.7. The molecule has 0 atom stereocenters. The van der Waals surface area contributed by atoms with Crippen LogP contribution in [0.4, 0.5) is 5.69 Å². The topological polar surface area (TPSA) is 47.6 Å². The third kappa shape index (κ3) is 4.54. The van der Waals surface area contributed by atoms with Gasteiger partial charge in [-0.25, -0.2) is 0 Å². The van der Waals surface area contributed by atoms with E-state index >= 15 is 0 Å². The molecule has 1 aromatic heterocycles. The molecule has 0 fully saturated rings. The summed E-state index contributed by atoms with van der Waals surface area (Å²) < 4.78 is 11.9. The molecule has 4 aromatic rings. The Labute approximate surface area is 188 Å². The van der Waals surface area contributed by atoms with Crippen LogP contribution in [-0.4, -0.2) is 13.0 Å². The molecule has 0 aliphatic heterocycles. The predicted molar refractivity (Wildman–Crippen MR) is 124 cm³/mol. The van der Waals surface area contributed by atoms with Crippen LogP contribution in [0.15, 0.2) is 66.7 Å². The highest BCUT2D eigenvalue weighted by atomic mass is 35.5. The number of carbonyl (C=O) groups excluding carboxylic acids is 1. The van der Waals surface area contributed by atoms with Gasteiger partial charge in [-0.15, -0.1) is 11.3 Å². The number of hydrogen-bond acceptors (Lipinski definition) is 4. The van der Waals surface area contributed by atoms with Crippen molar-refractivity contribution in [3.05, 3.63) is 87.2 Å². The van der Waals surface area contributed by atoms with E-state index in [-0.39, 0.29) is 5.91 Å². The van der Waals surface area contributed by atoms with Crippen molar-refractivity contribution in [3.63, 3.8) is 0 Å². The summed E-state index contributed by atoms with van der Waals surface area (Å²) in [6.07, 6.45) is 0. The number of fused-ring (bicyclic) bond motifs is 1. The number of carbonyl (C=O) groups is 1. The van der Waals surface area contributed by atoms with Crippen LogP contribution in [0.3, 0.4) is 0 Å². The number of amides is 1. The average Bonchev–Trinajstić information content (AvgIpc) is 3.10. The molecule has 0 aliphatic carbocycles. The molecule has 1 amide bonds. The first kappa shape index (κ1) is 20.5. The van der Waals surface area contributed by atoms with Gasteiger partial charge in [0.1, 0.15) is 23.0 Å². The highest BCUT2D eigenvalue weighted by Crippen LogP contribution is 2.37. The van der Waals surface area contributed by atoms with Crippen LogP contribution in [0.25, 0.3) is 10.1 Å². The first-order valence-electron chi connectivity index (χ1n) is 9.08. The van der Waals surface area contributed by atoms with Crippen molar-refractivity contribution in [2.75, 3.05) is 12.4 Å². The molecular formula is C23H17Cl2NO3S. The molecule has 4 rings (SSSR count). The molecule has 30 heavy (non-hydrogen) atoms. The van der Waals surface area contributed by atoms with E-state index in [0.29, 0.717) is 38.7 Å². The number of ether oxygens (including phenoxy) is 2. The zero-order valence-corrected chi connectivity index (χ0v) is 18.3. The molecule has 152 valence electrons. The predicted octanol–water partition coefficient (Wildman–Crippen LogP) is 7.05. The van der Waals surface area contributed by atoms with Crippen LogP contribution in [0.5, 0.6) is 11.5 Å². The van der Waals surface area contributed by atoms with Crippen molar-refractivity contribution in [2.24, 2.45) is 0 Å². The lowest BCUT2D eigenvalue weighted by atomic mass is 10.2. The van der Waals surface area contributed by atoms with Crippen molar-refractivity contribution in [1.82, 2.24) is 0 Å². The monoisotopic (exact) mass is 457 g/mol. The maximum Gasteiger partial charge on any atom is 0.267 e. The van der Waals surface area contributed by atoms with Gasteiger partial charge in [-0.1, -0.05) is 35.3 Å². The van der Waals surface area contributed by atoms with E-state index in [1.807, 2.05) is 54.6 Å². The van der Waals surface area contributed by atoms with Gasteiger partial charge in [-0.3, -0.25) is 4.79 Å². The molecule has 1 N–H and O–H groups in total. The number of anilines is 1. The number of halogens is 2. The lowest BCUT2D eigenvalue weighted by Gasteiger charge is -2.08. The van der Waals surface area contributed by atoms with Gasteiger partial charge < -0.3 is 14.8 Å². The van der Waals surface area contributed by atoms with Crippen LogP contribution >= 0.6 is 34.5 Å². The molecule has 0 spiro atoms. The van der Waals surface area contributed by atoms with Crippen molar-refractivity contribution in [1.29, 1.82) is 0 Å². The number of nitrogens with one attached hydrogen (secondary N) is 1. The summed E-state index contributed by atoms with van der Waals surface area (Å²) in [4.78, 5) is 13.2. The Morgan fingerprint density at radius 1 is 0.967 bits per heavy atom. The van der Waals surface area contributed by atoms with Crippen molar-refractivity contribution in [3.8, 4) is 11.5 Å². The highest BCUT2D eigenvalue weighted by molar-refractivity contribution is 7.21. The Balaban J connectivity index is 1.43. The van der Waals surface area contributed by atoms with Crippen molar-refractivity contribution < 1.29 is 14.3 Å². The molecular weight excluding hydrogens is 441 g/mol. The molecule has 0 unspecified atom stereocenters. The number of thiophene rings is 1. The smallest absolute Gasteiger partial charge is 0.267 e. The van der Waals surface area contributed by atoms with Crippen LogP contribution in [0.2, 0.25) is 10.0 Å². The summed E-state index contributed by atoms with van der Waals surface area (Å²) in [5.41, 5.74) is 1.68. The van der Waals surface area contributed by atoms with E-state index < -0.39 is 0 Å². The molecule has 0 bridgehead atoms. The number of rotatable bonds is 6. The summed E-state index contributed by atoms with van der Waals surface area (Å²) in [7, 11) is 1.60. The van der Waals surface area contributed by atoms with Gasteiger partial charge in [-0.05, 0) is 60.2 Å². The zero-order chi connectivity index (χ0) is 21.1. The van der Waals surface area contributed by atoms with Gasteiger partial charge in [0.25, 0.3) is 5.91 Å². The number of benzene rings is 3. The third-order valence-corrected chi connectivity index (χ3v) is 6.40. The maximum absolute atomic E-state index is 12.7. The van der Waals surface area contributed by atoms with E-state index in [0.717, 1.165) is 15.6 Å². The molecule has 0 aliphatic rings. The Hall–Kier alpha value is -2.73. The molecule has 0 saturated heterocycles. The largest absolute Gasteiger partial charge is 0.497 e. The Morgan fingerprint density at radius 2 is 1.67 bits per heavy atom. The lowest BCUT2D eigenvalue weighted by molar-refractivity contribution is 0.103. The van der Waals surface area contributed by atoms with Gasteiger partial charge in [-0.2, -0.15) is 0 Å². The zero-order valence-electron chi connectivity index (χ0n) is 15.9. The summed E-state index contributed by atoms with van der Waals surface area (Å²) in [5.74, 6) is 1.15. The van der Waals surface area contributed by atoms with E-state index in [1.165, 1.54) is 11.3 Å². The van der Waals surface area contributed by atoms with E-state index in [2.05, 4.69) is 5.32 Å². The van der Waals surface area contributed by atoms with E-state index in [1.54, 1.807) is 19.2 Å². The lowest BCUT2D eigenvalue weighted by Crippen LogP contribution is -2.10. The fourth-order valence-electron chi connectivity index (χ4n) is 2.89. The van der Waals surface area contributed by atoms with Gasteiger partial charge in [0.2, 0.25) is 0 Å². The average molecular weight is 458 g/mol. The molecule has 0 saturated carbocycles. The van der Waals surface area contributed by atoms with E-state index in [4.69, 9.17) is 32.7 Å². The fraction of sp³-hybridized carbons (Fsp3) is 0.0870. The van der Waals surface area contributed by atoms with Crippen LogP contribution in [-0.2, 0) is 6.61 Å². The second-order valence-corrected chi connectivity index (χ2v) is 8.37. The standard InChI is InChI=1S/C23H17Cl2NO3S/c1-28-18-10-11-20-19(12-18)21(25)22(30-20)23(27)26-16-6-8-17(9-7-16)29-13-14-2-4-15(24)5-3-14/h2-12H,13H2,1H3,(H,26,27). The summed E-state index contributed by atoms with van der Waals surface area (Å²) in [6, 6.07) is 20.3. The Bertz CT molecular complexity index is 1190. The minimum atomic E-state index is -0.255. The van der Waals surface area contributed by atoms with Crippen molar-refractivity contribution >= 4 is 56.2 Å². The summed E-state index contributed by atoms with van der Waals surface area (Å²) in [6.45, 7) is 0.434. The highest BCUT2D eigenvalue weighted by Gasteiger charge is 2.18. The van der Waals surface area contributed by atoms with Crippen LogP contribution in [0.1, 0.15) is 15.2 Å². The molecule has 1 heterocycles. The molecule has 7 heteroatoms. The van der Waals surface area contributed by atoms with Gasteiger partial charge in [0.05, 0.1) is 12.1 Å². The van der Waals surface area contributed by atoms with Gasteiger partial charge in [0.15, 0.2) is 0 Å². The first-order chi connectivity index (χ1) is 14.5. The number of hydrogen-bond donors (Lipinski definition) is 1. The SMILES string of the molecule is COc1ccc2sc(C(=O)Nc3ccc(OCc4ccc(Cl)cc4)cc3)c(Cl)c2c1. The molecule has 4 nitrogen and oxygen atoms in total. The molecule has 3 aromatic carbocycles. The van der Waals surface area contributed by atoms with Gasteiger partial charge >= 0.3 is 0 Å². The normalized spacial score (nSPS) is 10.8.